The molecule has 0 amide bonds. The number of hydrogen-bond acceptors (Lipinski definition) is 3. The number of amidine groups is 1. The van der Waals surface area contributed by atoms with Gasteiger partial charge in [0.25, 0.3) is 0 Å². The minimum absolute atomic E-state index is 0.648. The van der Waals surface area contributed by atoms with E-state index in [4.69, 9.17) is 19.5 Å². The molecule has 0 atom stereocenters. The van der Waals surface area contributed by atoms with Gasteiger partial charge in [0.1, 0.15) is 17.3 Å². The summed E-state index contributed by atoms with van der Waals surface area (Å²) in [7, 11) is 3.34. The largest absolute Gasteiger partial charge is 0.497 e. The number of benzene rings is 4. The van der Waals surface area contributed by atoms with E-state index in [9.17, 15) is 0 Å². The van der Waals surface area contributed by atoms with Crippen molar-refractivity contribution in [1.82, 2.24) is 4.98 Å². The van der Waals surface area contributed by atoms with Crippen LogP contribution < -0.4 is 9.47 Å². The number of H-pyrrole nitrogens is 1. The second kappa shape index (κ2) is 10.7. The number of methoxy groups -OCH3 is 2. The normalized spacial score (nSPS) is 13.7. The molecular formula is C34H27N3O2. The summed E-state index contributed by atoms with van der Waals surface area (Å²) in [4.78, 5) is 13.7. The Labute approximate surface area is 227 Å². The van der Waals surface area contributed by atoms with Crippen molar-refractivity contribution in [3.8, 4) is 33.9 Å². The third kappa shape index (κ3) is 5.03. The summed E-state index contributed by atoms with van der Waals surface area (Å²) in [5.74, 6) is 3.00. The summed E-state index contributed by atoms with van der Waals surface area (Å²) in [5, 5.41) is 0. The molecule has 1 aromatic heterocycles. The van der Waals surface area contributed by atoms with Gasteiger partial charge in [-0.1, -0.05) is 84.9 Å². The minimum atomic E-state index is 0.648. The second-order valence-corrected chi connectivity index (χ2v) is 9.12. The first-order chi connectivity index (χ1) is 19.2. The predicted octanol–water partition coefficient (Wildman–Crippen LogP) is 7.98. The van der Waals surface area contributed by atoms with E-state index < -0.39 is 0 Å². The van der Waals surface area contributed by atoms with E-state index in [1.165, 1.54) is 0 Å². The fourth-order valence-electron chi connectivity index (χ4n) is 4.63. The number of aromatic nitrogens is 1. The molecule has 0 bridgehead atoms. The Kier molecular flexibility index (Phi) is 6.62. The monoisotopic (exact) mass is 509 g/mol. The maximum Gasteiger partial charge on any atom is 0.162 e. The molecule has 190 valence electrons. The molecular weight excluding hydrogens is 482 g/mol. The standard InChI is InChI=1S/C34H27N3O2/c1-38-27-17-13-23(14-18-27)29-21-31(25-9-5-3-6-10-25)35-33(29)37-34-30(24-15-19-28(39-2)20-16-24)22-32(36-34)26-11-7-4-8-12-26/h3-22,35H,1-2H3. The molecule has 1 aliphatic heterocycles. The van der Waals surface area contributed by atoms with Crippen LogP contribution in [0.4, 0.5) is 5.82 Å². The van der Waals surface area contributed by atoms with Crippen molar-refractivity contribution in [2.75, 3.05) is 14.2 Å². The van der Waals surface area contributed by atoms with Gasteiger partial charge in [0, 0.05) is 22.4 Å². The molecule has 0 fully saturated rings. The minimum Gasteiger partial charge on any atom is -0.497 e. The number of aromatic amines is 1. The molecule has 5 heteroatoms. The van der Waals surface area contributed by atoms with Gasteiger partial charge in [0.15, 0.2) is 5.84 Å². The van der Waals surface area contributed by atoms with E-state index in [1.54, 1.807) is 14.2 Å². The van der Waals surface area contributed by atoms with Crippen LogP contribution in [0.2, 0.25) is 0 Å². The Morgan fingerprint density at radius 1 is 0.615 bits per heavy atom. The fourth-order valence-corrected chi connectivity index (χ4v) is 4.63. The molecule has 0 radical (unpaired) electrons. The fraction of sp³-hybridized carbons (Fsp3) is 0.0588. The summed E-state index contributed by atoms with van der Waals surface area (Å²) in [6.45, 7) is 0. The molecule has 0 saturated carbocycles. The highest BCUT2D eigenvalue weighted by Crippen LogP contribution is 2.37. The summed E-state index contributed by atoms with van der Waals surface area (Å²) in [5.41, 5.74) is 7.99. The van der Waals surface area contributed by atoms with Crippen molar-refractivity contribution >= 4 is 22.9 Å². The Bertz CT molecular complexity index is 1680. The average Bonchev–Trinajstić information content (AvgIpc) is 3.63. The lowest BCUT2D eigenvalue weighted by molar-refractivity contribution is 0.414. The lowest BCUT2D eigenvalue weighted by Crippen LogP contribution is -1.96. The number of rotatable bonds is 7. The maximum atomic E-state index is 5.38. The van der Waals surface area contributed by atoms with Gasteiger partial charge < -0.3 is 14.5 Å². The van der Waals surface area contributed by atoms with Gasteiger partial charge in [-0.2, -0.15) is 0 Å². The Morgan fingerprint density at radius 3 is 1.77 bits per heavy atom. The molecule has 0 spiro atoms. The quantitative estimate of drug-likeness (QED) is 0.242. The molecule has 0 aliphatic carbocycles. The second-order valence-electron chi connectivity index (χ2n) is 9.12. The Balaban J connectivity index is 1.50. The van der Waals surface area contributed by atoms with E-state index in [-0.39, 0.29) is 0 Å². The predicted molar refractivity (Wildman–Crippen MR) is 159 cm³/mol. The van der Waals surface area contributed by atoms with E-state index in [0.717, 1.165) is 62.1 Å². The number of hydrogen-bond donors (Lipinski definition) is 1. The average molecular weight is 510 g/mol. The van der Waals surface area contributed by atoms with Gasteiger partial charge in [-0.15, -0.1) is 0 Å². The van der Waals surface area contributed by atoms with Crippen molar-refractivity contribution < 1.29 is 9.47 Å². The SMILES string of the molecule is COc1ccc(C2=CC(c3ccccc3)=NC2=Nc2[nH]c(-c3ccccc3)cc2-c2ccc(OC)cc2)cc1. The molecule has 6 rings (SSSR count). The third-order valence-corrected chi connectivity index (χ3v) is 6.72. The van der Waals surface area contributed by atoms with Crippen molar-refractivity contribution in [2.45, 2.75) is 0 Å². The molecule has 39 heavy (non-hydrogen) atoms. The number of aliphatic imine (C=N–C) groups is 2. The zero-order chi connectivity index (χ0) is 26.6. The highest BCUT2D eigenvalue weighted by molar-refractivity contribution is 6.38. The molecule has 5 aromatic rings. The number of ether oxygens (including phenoxy) is 2. The molecule has 0 unspecified atom stereocenters. The number of allylic oxidation sites excluding steroid dienone is 1. The molecule has 4 aromatic carbocycles. The van der Waals surface area contributed by atoms with Crippen molar-refractivity contribution in [2.24, 2.45) is 9.98 Å². The molecule has 2 heterocycles. The van der Waals surface area contributed by atoms with Crippen molar-refractivity contribution in [3.63, 3.8) is 0 Å². The summed E-state index contributed by atoms with van der Waals surface area (Å²) >= 11 is 0. The van der Waals surface area contributed by atoms with E-state index in [0.29, 0.717) is 5.84 Å². The van der Waals surface area contributed by atoms with E-state index in [2.05, 4.69) is 41.4 Å². The molecule has 1 N–H and O–H groups in total. The van der Waals surface area contributed by atoms with Crippen LogP contribution in [0.3, 0.4) is 0 Å². The topological polar surface area (TPSA) is 59.0 Å². The zero-order valence-corrected chi connectivity index (χ0v) is 21.8. The van der Waals surface area contributed by atoms with Gasteiger partial charge in [0.2, 0.25) is 0 Å². The van der Waals surface area contributed by atoms with Crippen molar-refractivity contribution in [3.05, 3.63) is 132 Å². The van der Waals surface area contributed by atoms with Gasteiger partial charge in [-0.3, -0.25) is 0 Å². The lowest BCUT2D eigenvalue weighted by Gasteiger charge is -2.06. The van der Waals surface area contributed by atoms with Gasteiger partial charge in [-0.05, 0) is 53.1 Å². The number of nitrogens with one attached hydrogen (secondary N) is 1. The first-order valence-electron chi connectivity index (χ1n) is 12.7. The van der Waals surface area contributed by atoms with E-state index >= 15 is 0 Å². The van der Waals surface area contributed by atoms with Crippen LogP contribution in [0.5, 0.6) is 11.5 Å². The summed E-state index contributed by atoms with van der Waals surface area (Å²) in [6, 6.07) is 38.6. The molecule has 1 aliphatic rings. The van der Waals surface area contributed by atoms with Crippen LogP contribution in [0.1, 0.15) is 11.1 Å². The van der Waals surface area contributed by atoms with Crippen LogP contribution in [0, 0.1) is 0 Å². The highest BCUT2D eigenvalue weighted by atomic mass is 16.5. The maximum absolute atomic E-state index is 5.38. The third-order valence-electron chi connectivity index (χ3n) is 6.72. The molecule has 5 nitrogen and oxygen atoms in total. The van der Waals surface area contributed by atoms with Gasteiger partial charge in [0.05, 0.1) is 19.9 Å². The highest BCUT2D eigenvalue weighted by Gasteiger charge is 2.21. The van der Waals surface area contributed by atoms with Crippen LogP contribution in [0.15, 0.2) is 131 Å². The van der Waals surface area contributed by atoms with E-state index in [1.807, 2.05) is 84.9 Å². The Morgan fingerprint density at radius 2 is 1.18 bits per heavy atom. The smallest absolute Gasteiger partial charge is 0.162 e. The van der Waals surface area contributed by atoms with Crippen molar-refractivity contribution in [1.29, 1.82) is 0 Å². The van der Waals surface area contributed by atoms with Gasteiger partial charge in [-0.25, -0.2) is 9.98 Å². The number of nitrogens with zero attached hydrogens (tertiary/aromatic N) is 2. The first-order valence-corrected chi connectivity index (χ1v) is 12.7. The van der Waals surface area contributed by atoms with Crippen LogP contribution in [0.25, 0.3) is 28.0 Å². The zero-order valence-electron chi connectivity index (χ0n) is 21.8. The summed E-state index contributed by atoms with van der Waals surface area (Å²) < 4.78 is 10.8. The lowest BCUT2D eigenvalue weighted by atomic mass is 10.0. The van der Waals surface area contributed by atoms with Crippen LogP contribution >= 0.6 is 0 Å². The van der Waals surface area contributed by atoms with Crippen LogP contribution in [-0.2, 0) is 0 Å². The summed E-state index contributed by atoms with van der Waals surface area (Å²) in [6.07, 6.45) is 2.10. The Hall–Kier alpha value is -5.16. The van der Waals surface area contributed by atoms with Crippen LogP contribution in [-0.4, -0.2) is 30.8 Å². The molecule has 0 saturated heterocycles. The first kappa shape index (κ1) is 24.2. The van der Waals surface area contributed by atoms with Gasteiger partial charge >= 0.3 is 0 Å².